The molecule has 0 amide bonds. The third-order valence-corrected chi connectivity index (χ3v) is 14.2. The van der Waals surface area contributed by atoms with Crippen LogP contribution >= 0.6 is 0 Å². The van der Waals surface area contributed by atoms with Crippen LogP contribution in [0.5, 0.6) is 0 Å². The topological polar surface area (TPSA) is 167 Å². The summed E-state index contributed by atoms with van der Waals surface area (Å²) in [5.74, 6) is 1.52. The monoisotopic (exact) mass is 992 g/mol. The molecule has 78 heavy (non-hydrogen) atoms. The number of aromatic nitrogens is 5. The standard InChI is InChI=1S/C68H36N10/c69-37-42-19-23-56(65(33-42)78-61-18-10-8-16-55(61)58-35-50(21-25-64(58)78)53-31-45(40-72)28-46(32-53)41-73)59-36-51(68-75-66(47-11-3-1-4-12-47)74-67(76-68)48-13-5-2-6-14-48)22-26-63(59)77-60-17-9-7-15-54(60)57-34-49(20-24-62(57)77)52-29-43(38-70)27-44(30-52)39-71/h1-36H. The molecular formula is C68H36N10. The van der Waals surface area contributed by atoms with Crippen molar-refractivity contribution in [3.05, 3.63) is 246 Å². The van der Waals surface area contributed by atoms with E-state index >= 15 is 0 Å². The predicted molar refractivity (Wildman–Crippen MR) is 305 cm³/mol. The van der Waals surface area contributed by atoms with Crippen LogP contribution in [0.2, 0.25) is 0 Å². The third-order valence-electron chi connectivity index (χ3n) is 14.2. The van der Waals surface area contributed by atoms with E-state index < -0.39 is 0 Å². The number of fused-ring (bicyclic) bond motifs is 6. The SMILES string of the molecule is N#Cc1cc(C#N)cc(-c2ccc3c(c2)c2ccccc2n3-c2ccc(-c3nc(-c4ccccc4)nc(-c4ccccc4)n3)cc2-c2ccc(C#N)cc2-n2c3ccccc3c3cc(-c4cc(C#N)cc(C#N)c4)ccc32)c1. The van der Waals surface area contributed by atoms with Gasteiger partial charge in [0.1, 0.15) is 0 Å². The van der Waals surface area contributed by atoms with Gasteiger partial charge in [0, 0.05) is 49.4 Å². The molecule has 0 aliphatic rings. The van der Waals surface area contributed by atoms with Gasteiger partial charge < -0.3 is 9.13 Å². The van der Waals surface area contributed by atoms with Crippen LogP contribution in [0, 0.1) is 56.7 Å². The number of benzene rings is 10. The van der Waals surface area contributed by atoms with E-state index in [9.17, 15) is 26.3 Å². The smallest absolute Gasteiger partial charge is 0.164 e. The number of nitrogens with zero attached hydrogens (tertiary/aromatic N) is 10. The maximum Gasteiger partial charge on any atom is 0.164 e. The summed E-state index contributed by atoms with van der Waals surface area (Å²) in [7, 11) is 0. The van der Waals surface area contributed by atoms with E-state index in [1.807, 2.05) is 133 Å². The fourth-order valence-corrected chi connectivity index (χ4v) is 10.7. The molecule has 0 saturated heterocycles. The largest absolute Gasteiger partial charge is 0.309 e. The lowest BCUT2D eigenvalue weighted by Crippen LogP contribution is -2.04. The zero-order chi connectivity index (χ0) is 52.9. The average Bonchev–Trinajstić information content (AvgIpc) is 4.19. The fourth-order valence-electron chi connectivity index (χ4n) is 10.7. The van der Waals surface area contributed by atoms with Gasteiger partial charge in [-0.25, -0.2) is 15.0 Å². The summed E-state index contributed by atoms with van der Waals surface area (Å²) in [6.07, 6.45) is 0. The zero-order valence-corrected chi connectivity index (χ0v) is 41.3. The average molecular weight is 993 g/mol. The molecule has 10 heteroatoms. The molecule has 13 aromatic rings. The molecule has 0 radical (unpaired) electrons. The molecule has 0 N–H and O–H groups in total. The summed E-state index contributed by atoms with van der Waals surface area (Å²) in [6.45, 7) is 0. The van der Waals surface area contributed by atoms with Crippen molar-refractivity contribution in [2.24, 2.45) is 0 Å². The van der Waals surface area contributed by atoms with Crippen molar-refractivity contribution in [3.63, 3.8) is 0 Å². The highest BCUT2D eigenvalue weighted by Gasteiger charge is 2.24. The number of hydrogen-bond donors (Lipinski definition) is 0. The molecule has 3 heterocycles. The van der Waals surface area contributed by atoms with Crippen molar-refractivity contribution in [2.45, 2.75) is 0 Å². The minimum Gasteiger partial charge on any atom is -0.309 e. The minimum atomic E-state index is 0.399. The van der Waals surface area contributed by atoms with Crippen LogP contribution in [0.3, 0.4) is 0 Å². The first-order chi connectivity index (χ1) is 38.4. The van der Waals surface area contributed by atoms with Crippen LogP contribution in [0.1, 0.15) is 27.8 Å². The maximum atomic E-state index is 10.7. The van der Waals surface area contributed by atoms with Crippen molar-refractivity contribution in [3.8, 4) is 109 Å². The van der Waals surface area contributed by atoms with E-state index in [0.717, 1.165) is 105 Å². The Labute approximate surface area is 447 Å². The van der Waals surface area contributed by atoms with Crippen molar-refractivity contribution >= 4 is 43.6 Å². The molecule has 0 fully saturated rings. The Morgan fingerprint density at radius 2 is 0.667 bits per heavy atom. The summed E-state index contributed by atoms with van der Waals surface area (Å²) >= 11 is 0. The van der Waals surface area contributed by atoms with E-state index in [1.165, 1.54) is 0 Å². The van der Waals surface area contributed by atoms with Crippen LogP contribution in [0.4, 0.5) is 0 Å². The van der Waals surface area contributed by atoms with Crippen LogP contribution in [-0.4, -0.2) is 24.1 Å². The van der Waals surface area contributed by atoms with Gasteiger partial charge >= 0.3 is 0 Å². The quantitative estimate of drug-likeness (QED) is 0.145. The first-order valence-electron chi connectivity index (χ1n) is 24.9. The number of nitriles is 5. The molecule has 0 saturated carbocycles. The Balaban J connectivity index is 1.10. The molecule has 0 aliphatic carbocycles. The Kier molecular flexibility index (Phi) is 11.2. The highest BCUT2D eigenvalue weighted by Crippen LogP contribution is 2.44. The van der Waals surface area contributed by atoms with Crippen molar-refractivity contribution in [1.82, 2.24) is 24.1 Å². The summed E-state index contributed by atoms with van der Waals surface area (Å²) in [5, 5.41) is 54.1. The summed E-state index contributed by atoms with van der Waals surface area (Å²) in [5.41, 5.74) is 14.6. The van der Waals surface area contributed by atoms with Gasteiger partial charge in [0.15, 0.2) is 17.5 Å². The van der Waals surface area contributed by atoms with Gasteiger partial charge in [-0.15, -0.1) is 0 Å². The summed E-state index contributed by atoms with van der Waals surface area (Å²) in [4.78, 5) is 15.3. The molecule has 10 nitrogen and oxygen atoms in total. The van der Waals surface area contributed by atoms with Crippen molar-refractivity contribution in [2.75, 3.05) is 0 Å². The summed E-state index contributed by atoms with van der Waals surface area (Å²) in [6, 6.07) is 82.4. The molecule has 358 valence electrons. The van der Waals surface area contributed by atoms with E-state index in [-0.39, 0.29) is 0 Å². The lowest BCUT2D eigenvalue weighted by Gasteiger charge is -2.20. The second-order valence-corrected chi connectivity index (χ2v) is 18.8. The van der Waals surface area contributed by atoms with E-state index in [4.69, 9.17) is 15.0 Å². The Bertz CT molecular complexity index is 4740. The van der Waals surface area contributed by atoms with Crippen LogP contribution < -0.4 is 0 Å². The van der Waals surface area contributed by atoms with Crippen LogP contribution in [-0.2, 0) is 0 Å². The Morgan fingerprint density at radius 3 is 1.14 bits per heavy atom. The molecule has 0 aliphatic heterocycles. The molecular weight excluding hydrogens is 957 g/mol. The van der Waals surface area contributed by atoms with Gasteiger partial charge in [0.05, 0.1) is 91.6 Å². The maximum absolute atomic E-state index is 10.7. The zero-order valence-electron chi connectivity index (χ0n) is 41.3. The second-order valence-electron chi connectivity index (χ2n) is 18.8. The molecule has 0 atom stereocenters. The van der Waals surface area contributed by atoms with Crippen LogP contribution in [0.25, 0.3) is 123 Å². The van der Waals surface area contributed by atoms with Crippen molar-refractivity contribution < 1.29 is 0 Å². The van der Waals surface area contributed by atoms with Gasteiger partial charge in [0.25, 0.3) is 0 Å². The van der Waals surface area contributed by atoms with E-state index in [1.54, 1.807) is 24.3 Å². The van der Waals surface area contributed by atoms with Gasteiger partial charge in [-0.3, -0.25) is 0 Å². The lowest BCUT2D eigenvalue weighted by molar-refractivity contribution is 1.07. The molecule has 13 rings (SSSR count). The van der Waals surface area contributed by atoms with Gasteiger partial charge in [-0.1, -0.05) is 115 Å². The molecule has 0 spiro atoms. The Hall–Kier alpha value is -11.7. The number of rotatable bonds is 8. The Morgan fingerprint density at radius 1 is 0.256 bits per heavy atom. The summed E-state index contributed by atoms with van der Waals surface area (Å²) < 4.78 is 4.48. The third kappa shape index (κ3) is 7.91. The minimum absolute atomic E-state index is 0.399. The molecule has 10 aromatic carbocycles. The fraction of sp³-hybridized carbons (Fsp3) is 0. The first kappa shape index (κ1) is 46.1. The highest BCUT2D eigenvalue weighted by molar-refractivity contribution is 6.13. The van der Waals surface area contributed by atoms with E-state index in [0.29, 0.717) is 45.3 Å². The second kappa shape index (κ2) is 18.9. The molecule has 0 unspecified atom stereocenters. The molecule has 0 bridgehead atoms. The predicted octanol–water partition coefficient (Wildman–Crippen LogP) is 15.4. The first-order valence-corrected chi connectivity index (χ1v) is 24.9. The van der Waals surface area contributed by atoms with Gasteiger partial charge in [0.2, 0.25) is 0 Å². The van der Waals surface area contributed by atoms with E-state index in [2.05, 4.69) is 100 Å². The number of para-hydroxylation sites is 2. The normalized spacial score (nSPS) is 11.0. The molecule has 3 aromatic heterocycles. The highest BCUT2D eigenvalue weighted by atomic mass is 15.0. The van der Waals surface area contributed by atoms with Gasteiger partial charge in [-0.2, -0.15) is 26.3 Å². The van der Waals surface area contributed by atoms with Crippen LogP contribution in [0.15, 0.2) is 218 Å². The lowest BCUT2D eigenvalue weighted by atomic mass is 9.96. The van der Waals surface area contributed by atoms with Gasteiger partial charge in [-0.05, 0) is 125 Å². The number of hydrogen-bond acceptors (Lipinski definition) is 8. The van der Waals surface area contributed by atoms with Crippen molar-refractivity contribution in [1.29, 1.82) is 26.3 Å².